The van der Waals surface area contributed by atoms with Crippen molar-refractivity contribution in [3.8, 4) is 11.5 Å². The number of benzene rings is 1. The van der Waals surface area contributed by atoms with Gasteiger partial charge in [-0.2, -0.15) is 0 Å². The molecule has 1 N–H and O–H groups in total. The third-order valence-electron chi connectivity index (χ3n) is 3.38. The molecule has 0 saturated heterocycles. The number of halogens is 3. The van der Waals surface area contributed by atoms with Crippen LogP contribution in [0.1, 0.15) is 16.1 Å². The lowest BCUT2D eigenvalue weighted by atomic mass is 10.2. The van der Waals surface area contributed by atoms with E-state index in [4.69, 9.17) is 49.0 Å². The Balaban J connectivity index is 1.89. The minimum absolute atomic E-state index is 0.0156. The first kappa shape index (κ1) is 21.1. The number of nitrogens with zero attached hydrogens (tertiary/aromatic N) is 1. The van der Waals surface area contributed by atoms with Gasteiger partial charge in [0.1, 0.15) is 0 Å². The highest BCUT2D eigenvalue weighted by Gasteiger charge is 2.19. The second-order valence-electron chi connectivity index (χ2n) is 5.12. The molecule has 0 aliphatic carbocycles. The van der Waals surface area contributed by atoms with E-state index in [2.05, 4.69) is 10.3 Å². The normalized spacial score (nSPS) is 10.3. The molecular formula is C17H15Cl3N2O5. The van der Waals surface area contributed by atoms with Gasteiger partial charge in [0, 0.05) is 12.7 Å². The first-order valence-electron chi connectivity index (χ1n) is 7.51. The lowest BCUT2D eigenvalue weighted by Gasteiger charge is -2.11. The first-order valence-corrected chi connectivity index (χ1v) is 8.65. The van der Waals surface area contributed by atoms with E-state index in [-0.39, 0.29) is 27.3 Å². The molecule has 1 heterocycles. The van der Waals surface area contributed by atoms with Crippen LogP contribution in [0.3, 0.4) is 0 Å². The van der Waals surface area contributed by atoms with E-state index in [0.717, 1.165) is 5.56 Å². The Kier molecular flexibility index (Phi) is 7.53. The molecule has 0 aliphatic heterocycles. The number of ether oxygens (including phenoxy) is 3. The predicted molar refractivity (Wildman–Crippen MR) is 101 cm³/mol. The second-order valence-corrected chi connectivity index (χ2v) is 6.29. The van der Waals surface area contributed by atoms with Gasteiger partial charge in [-0.1, -0.05) is 40.9 Å². The maximum absolute atomic E-state index is 12.0. The summed E-state index contributed by atoms with van der Waals surface area (Å²) >= 11 is 17.5. The minimum Gasteiger partial charge on any atom is -0.493 e. The van der Waals surface area contributed by atoms with Gasteiger partial charge in [0.25, 0.3) is 5.91 Å². The topological polar surface area (TPSA) is 86.8 Å². The SMILES string of the molecule is COc1ccc(CNC(=O)COC(=O)c2ncc(Cl)c(Cl)c2Cl)cc1OC. The quantitative estimate of drug-likeness (QED) is 0.672. The molecule has 0 aliphatic rings. The molecule has 0 fully saturated rings. The van der Waals surface area contributed by atoms with Gasteiger partial charge in [-0.3, -0.25) is 4.79 Å². The van der Waals surface area contributed by atoms with E-state index >= 15 is 0 Å². The zero-order valence-electron chi connectivity index (χ0n) is 14.3. The van der Waals surface area contributed by atoms with Crippen molar-refractivity contribution < 1.29 is 23.8 Å². The monoisotopic (exact) mass is 432 g/mol. The van der Waals surface area contributed by atoms with Gasteiger partial charge in [-0.05, 0) is 17.7 Å². The Labute approximate surface area is 170 Å². The van der Waals surface area contributed by atoms with Crippen LogP contribution in [0, 0.1) is 0 Å². The van der Waals surface area contributed by atoms with E-state index in [1.165, 1.54) is 20.4 Å². The molecule has 1 aromatic carbocycles. The molecule has 2 aromatic rings. The number of carbonyl (C=O) groups is 2. The number of pyridine rings is 1. The smallest absolute Gasteiger partial charge is 0.359 e. The molecule has 7 nitrogen and oxygen atoms in total. The summed E-state index contributed by atoms with van der Waals surface area (Å²) in [6, 6.07) is 5.22. The van der Waals surface area contributed by atoms with Crippen molar-refractivity contribution in [1.29, 1.82) is 0 Å². The molecule has 2 rings (SSSR count). The van der Waals surface area contributed by atoms with Crippen LogP contribution in [0.4, 0.5) is 0 Å². The summed E-state index contributed by atoms with van der Waals surface area (Å²) in [6.45, 7) is -0.299. The first-order chi connectivity index (χ1) is 12.9. The van der Waals surface area contributed by atoms with Crippen LogP contribution in [0.25, 0.3) is 0 Å². The zero-order chi connectivity index (χ0) is 20.0. The summed E-state index contributed by atoms with van der Waals surface area (Å²) in [5, 5.41) is 2.56. The predicted octanol–water partition coefficient (Wildman–Crippen LogP) is 3.53. The van der Waals surface area contributed by atoms with E-state index < -0.39 is 18.5 Å². The molecule has 0 atom stereocenters. The molecule has 1 aromatic heterocycles. The number of aromatic nitrogens is 1. The maximum atomic E-state index is 12.0. The summed E-state index contributed by atoms with van der Waals surface area (Å²) < 4.78 is 15.2. The number of methoxy groups -OCH3 is 2. The maximum Gasteiger partial charge on any atom is 0.359 e. The summed E-state index contributed by atoms with van der Waals surface area (Å²) in [4.78, 5) is 27.6. The molecular weight excluding hydrogens is 419 g/mol. The highest BCUT2D eigenvalue weighted by atomic mass is 35.5. The van der Waals surface area contributed by atoms with Crippen molar-refractivity contribution in [2.45, 2.75) is 6.54 Å². The van der Waals surface area contributed by atoms with Crippen molar-refractivity contribution in [3.05, 3.63) is 50.7 Å². The Hall–Kier alpha value is -2.22. The largest absolute Gasteiger partial charge is 0.493 e. The van der Waals surface area contributed by atoms with Crippen LogP contribution >= 0.6 is 34.8 Å². The molecule has 10 heteroatoms. The van der Waals surface area contributed by atoms with Gasteiger partial charge in [0.2, 0.25) is 0 Å². The van der Waals surface area contributed by atoms with Gasteiger partial charge in [-0.25, -0.2) is 9.78 Å². The van der Waals surface area contributed by atoms with Crippen molar-refractivity contribution in [3.63, 3.8) is 0 Å². The number of nitrogens with one attached hydrogen (secondary N) is 1. The Morgan fingerprint density at radius 3 is 2.44 bits per heavy atom. The van der Waals surface area contributed by atoms with Crippen LogP contribution in [-0.4, -0.2) is 37.7 Å². The number of hydrogen-bond acceptors (Lipinski definition) is 6. The number of carbonyl (C=O) groups excluding carboxylic acids is 2. The van der Waals surface area contributed by atoms with Gasteiger partial charge >= 0.3 is 5.97 Å². The fourth-order valence-electron chi connectivity index (χ4n) is 2.03. The fourth-order valence-corrected chi connectivity index (χ4v) is 2.59. The zero-order valence-corrected chi connectivity index (χ0v) is 16.6. The van der Waals surface area contributed by atoms with Crippen molar-refractivity contribution >= 4 is 46.7 Å². The molecule has 0 spiro atoms. The number of rotatable bonds is 7. The number of hydrogen-bond donors (Lipinski definition) is 1. The van der Waals surface area contributed by atoms with Crippen molar-refractivity contribution in [1.82, 2.24) is 10.3 Å². The van der Waals surface area contributed by atoms with E-state index in [0.29, 0.717) is 11.5 Å². The molecule has 0 saturated carbocycles. The number of esters is 1. The van der Waals surface area contributed by atoms with Crippen LogP contribution < -0.4 is 14.8 Å². The standard InChI is InChI=1S/C17H15Cl3N2O5/c1-25-11-4-3-9(5-12(11)26-2)6-21-13(23)8-27-17(24)16-15(20)14(19)10(18)7-22-16/h3-5,7H,6,8H2,1-2H3,(H,21,23). The molecule has 0 radical (unpaired) electrons. The fraction of sp³-hybridized carbons (Fsp3) is 0.235. The lowest BCUT2D eigenvalue weighted by Crippen LogP contribution is -2.28. The average molecular weight is 434 g/mol. The third-order valence-corrected chi connectivity index (χ3v) is 4.62. The van der Waals surface area contributed by atoms with Crippen LogP contribution in [0.15, 0.2) is 24.4 Å². The molecule has 1 amide bonds. The van der Waals surface area contributed by atoms with Gasteiger partial charge in [0.15, 0.2) is 23.8 Å². The van der Waals surface area contributed by atoms with Crippen molar-refractivity contribution in [2.24, 2.45) is 0 Å². The van der Waals surface area contributed by atoms with Gasteiger partial charge in [0.05, 0.1) is 29.3 Å². The Morgan fingerprint density at radius 2 is 1.78 bits per heavy atom. The lowest BCUT2D eigenvalue weighted by molar-refractivity contribution is -0.124. The second kappa shape index (κ2) is 9.64. The Bertz CT molecular complexity index is 861. The molecule has 0 unspecified atom stereocenters. The molecule has 27 heavy (non-hydrogen) atoms. The van der Waals surface area contributed by atoms with E-state index in [1.54, 1.807) is 18.2 Å². The highest BCUT2D eigenvalue weighted by molar-refractivity contribution is 6.48. The summed E-state index contributed by atoms with van der Waals surface area (Å²) in [7, 11) is 3.05. The van der Waals surface area contributed by atoms with Crippen LogP contribution in [0.2, 0.25) is 15.1 Å². The van der Waals surface area contributed by atoms with Crippen LogP contribution in [-0.2, 0) is 16.1 Å². The summed E-state index contributed by atoms with van der Waals surface area (Å²) in [6.07, 6.45) is 1.17. The average Bonchev–Trinajstić information content (AvgIpc) is 2.68. The molecule has 0 bridgehead atoms. The molecule has 144 valence electrons. The minimum atomic E-state index is -0.889. The van der Waals surface area contributed by atoms with E-state index in [1.807, 2.05) is 0 Å². The van der Waals surface area contributed by atoms with Crippen LogP contribution in [0.5, 0.6) is 11.5 Å². The van der Waals surface area contributed by atoms with Gasteiger partial charge in [-0.15, -0.1) is 0 Å². The van der Waals surface area contributed by atoms with Crippen molar-refractivity contribution in [2.75, 3.05) is 20.8 Å². The summed E-state index contributed by atoms with van der Waals surface area (Å²) in [5.41, 5.74) is 0.556. The van der Waals surface area contributed by atoms with Gasteiger partial charge < -0.3 is 19.5 Å². The van der Waals surface area contributed by atoms with E-state index in [9.17, 15) is 9.59 Å². The number of amides is 1. The summed E-state index contributed by atoms with van der Waals surface area (Å²) in [5.74, 6) is -0.280. The Morgan fingerprint density at radius 1 is 1.07 bits per heavy atom. The highest BCUT2D eigenvalue weighted by Crippen LogP contribution is 2.31. The third kappa shape index (κ3) is 5.38.